The first-order valence-electron chi connectivity index (χ1n) is 8.89. The topological polar surface area (TPSA) is 71.1 Å². The third-order valence-electron chi connectivity index (χ3n) is 4.07. The summed E-state index contributed by atoms with van der Waals surface area (Å²) in [7, 11) is 0. The molecule has 0 bridgehead atoms. The molecule has 0 spiro atoms. The van der Waals surface area contributed by atoms with Crippen LogP contribution in [0, 0.1) is 13.8 Å². The van der Waals surface area contributed by atoms with E-state index >= 15 is 0 Å². The Morgan fingerprint density at radius 1 is 1.03 bits per heavy atom. The second-order valence-corrected chi connectivity index (χ2v) is 8.96. The van der Waals surface area contributed by atoms with E-state index in [4.69, 9.17) is 11.6 Å². The van der Waals surface area contributed by atoms with Gasteiger partial charge in [-0.25, -0.2) is 4.98 Å². The Hall–Kier alpha value is -2.35. The second-order valence-electron chi connectivity index (χ2n) is 6.44. The van der Waals surface area contributed by atoms with Gasteiger partial charge in [-0.15, -0.1) is 11.3 Å². The van der Waals surface area contributed by atoms with Gasteiger partial charge in [-0.2, -0.15) is 0 Å². The van der Waals surface area contributed by atoms with Gasteiger partial charge in [0, 0.05) is 21.8 Å². The van der Waals surface area contributed by atoms with Crippen LogP contribution in [0.4, 0.5) is 11.4 Å². The van der Waals surface area contributed by atoms with Gasteiger partial charge in [-0.3, -0.25) is 9.59 Å². The van der Waals surface area contributed by atoms with E-state index in [0.29, 0.717) is 16.4 Å². The van der Waals surface area contributed by atoms with Gasteiger partial charge in [-0.05, 0) is 49.2 Å². The van der Waals surface area contributed by atoms with Crippen molar-refractivity contribution in [3.05, 3.63) is 69.7 Å². The van der Waals surface area contributed by atoms with Crippen molar-refractivity contribution in [3.63, 3.8) is 0 Å². The zero-order chi connectivity index (χ0) is 20.8. The van der Waals surface area contributed by atoms with E-state index in [1.54, 1.807) is 24.3 Å². The Bertz CT molecular complexity index is 999. The highest BCUT2D eigenvalue weighted by Gasteiger charge is 2.12. The van der Waals surface area contributed by atoms with Crippen LogP contribution < -0.4 is 10.6 Å². The summed E-state index contributed by atoms with van der Waals surface area (Å²) in [4.78, 5) is 28.9. The van der Waals surface area contributed by atoms with Crippen LogP contribution in [0.25, 0.3) is 0 Å². The molecule has 0 aliphatic rings. The molecule has 0 fully saturated rings. The van der Waals surface area contributed by atoms with Crippen LogP contribution >= 0.6 is 34.7 Å². The van der Waals surface area contributed by atoms with Gasteiger partial charge >= 0.3 is 0 Å². The lowest BCUT2D eigenvalue weighted by molar-refractivity contribution is -0.116. The Balaban J connectivity index is 1.49. The van der Waals surface area contributed by atoms with Crippen molar-refractivity contribution in [2.24, 2.45) is 0 Å². The van der Waals surface area contributed by atoms with Crippen LogP contribution in [0.1, 0.15) is 16.8 Å². The smallest absolute Gasteiger partial charge is 0.234 e. The summed E-state index contributed by atoms with van der Waals surface area (Å²) in [5, 5.41) is 8.24. The summed E-state index contributed by atoms with van der Waals surface area (Å²) in [5.41, 5.74) is 4.29. The Labute approximate surface area is 182 Å². The van der Waals surface area contributed by atoms with E-state index < -0.39 is 0 Å². The van der Waals surface area contributed by atoms with Crippen molar-refractivity contribution < 1.29 is 9.59 Å². The zero-order valence-electron chi connectivity index (χ0n) is 16.0. The minimum Gasteiger partial charge on any atom is -0.325 e. The summed E-state index contributed by atoms with van der Waals surface area (Å²) < 4.78 is 0.756. The molecule has 150 valence electrons. The van der Waals surface area contributed by atoms with Crippen molar-refractivity contribution in [2.75, 3.05) is 16.4 Å². The lowest BCUT2D eigenvalue weighted by Gasteiger charge is -2.10. The van der Waals surface area contributed by atoms with Gasteiger partial charge in [0.2, 0.25) is 11.8 Å². The number of hydrogen-bond acceptors (Lipinski definition) is 5. The van der Waals surface area contributed by atoms with E-state index in [1.165, 1.54) is 23.1 Å². The number of nitrogens with zero attached hydrogens (tertiary/aromatic N) is 1. The number of rotatable bonds is 7. The van der Waals surface area contributed by atoms with Crippen LogP contribution in [0.15, 0.2) is 52.2 Å². The van der Waals surface area contributed by atoms with Crippen LogP contribution in [-0.4, -0.2) is 22.6 Å². The normalized spacial score (nSPS) is 10.6. The van der Waals surface area contributed by atoms with Crippen LogP contribution in [0.2, 0.25) is 5.02 Å². The number of aromatic nitrogens is 1. The molecule has 0 radical (unpaired) electrons. The fourth-order valence-corrected chi connectivity index (χ4v) is 4.42. The molecule has 0 saturated heterocycles. The van der Waals surface area contributed by atoms with E-state index in [-0.39, 0.29) is 24.0 Å². The van der Waals surface area contributed by atoms with Crippen molar-refractivity contribution in [2.45, 2.75) is 24.6 Å². The van der Waals surface area contributed by atoms with Gasteiger partial charge in [0.05, 0.1) is 17.9 Å². The van der Waals surface area contributed by atoms with E-state index in [9.17, 15) is 9.59 Å². The molecule has 2 amide bonds. The number of thiazole rings is 1. The first-order chi connectivity index (χ1) is 13.9. The number of aryl methyl sites for hydroxylation is 2. The molecular weight excluding hydrogens is 426 g/mol. The van der Waals surface area contributed by atoms with Gasteiger partial charge in [-0.1, -0.05) is 41.6 Å². The number of carbonyl (C=O) groups is 2. The highest BCUT2D eigenvalue weighted by atomic mass is 35.5. The summed E-state index contributed by atoms with van der Waals surface area (Å²) in [5.74, 6) is 0.0102. The Morgan fingerprint density at radius 2 is 1.72 bits per heavy atom. The predicted molar refractivity (Wildman–Crippen MR) is 121 cm³/mol. The molecule has 8 heteroatoms. The first-order valence-corrected chi connectivity index (χ1v) is 11.1. The van der Waals surface area contributed by atoms with Gasteiger partial charge < -0.3 is 10.6 Å². The minimum atomic E-state index is -0.123. The summed E-state index contributed by atoms with van der Waals surface area (Å²) in [6.45, 7) is 3.94. The number of nitrogens with one attached hydrogen (secondary N) is 2. The van der Waals surface area contributed by atoms with Crippen LogP contribution in [-0.2, 0) is 16.0 Å². The summed E-state index contributed by atoms with van der Waals surface area (Å²) in [6, 6.07) is 12.8. The number of benzene rings is 2. The molecule has 0 saturated carbocycles. The average Bonchev–Trinajstić information content (AvgIpc) is 3.12. The number of amides is 2. The standard InChI is InChI=1S/C21H20ClN3O2S2/c1-13-4-3-5-14(2)20(13)25-18(26)10-17-11-28-21(24-17)29-12-19(27)23-16-8-6-15(22)7-9-16/h3-9,11H,10,12H2,1-2H3,(H,23,27)(H,25,26). The summed E-state index contributed by atoms with van der Waals surface area (Å²) >= 11 is 8.61. The van der Waals surface area contributed by atoms with Crippen molar-refractivity contribution >= 4 is 57.9 Å². The first kappa shape index (κ1) is 21.4. The molecule has 2 N–H and O–H groups in total. The fraction of sp³-hybridized carbons (Fsp3) is 0.190. The maximum absolute atomic E-state index is 12.4. The molecule has 0 aliphatic carbocycles. The third-order valence-corrected chi connectivity index (χ3v) is 6.39. The average molecular weight is 446 g/mol. The largest absolute Gasteiger partial charge is 0.325 e. The minimum absolute atomic E-state index is 0.107. The molecule has 0 aliphatic heterocycles. The SMILES string of the molecule is Cc1cccc(C)c1NC(=O)Cc1csc(SCC(=O)Nc2ccc(Cl)cc2)n1. The number of anilines is 2. The molecule has 0 atom stereocenters. The third kappa shape index (κ3) is 6.32. The molecule has 1 aromatic heterocycles. The number of carbonyl (C=O) groups excluding carboxylic acids is 2. The molecule has 3 aromatic rings. The zero-order valence-corrected chi connectivity index (χ0v) is 18.4. The van der Waals surface area contributed by atoms with E-state index in [1.807, 2.05) is 37.4 Å². The van der Waals surface area contributed by atoms with E-state index in [0.717, 1.165) is 21.2 Å². The van der Waals surface area contributed by atoms with Crippen molar-refractivity contribution in [1.29, 1.82) is 0 Å². The fourth-order valence-electron chi connectivity index (χ4n) is 2.65. The summed E-state index contributed by atoms with van der Waals surface area (Å²) in [6.07, 6.45) is 0.196. The highest BCUT2D eigenvalue weighted by molar-refractivity contribution is 8.01. The Morgan fingerprint density at radius 3 is 2.41 bits per heavy atom. The predicted octanol–water partition coefficient (Wildman–Crippen LogP) is 5.33. The van der Waals surface area contributed by atoms with Gasteiger partial charge in [0.15, 0.2) is 4.34 Å². The molecule has 5 nitrogen and oxygen atoms in total. The van der Waals surface area contributed by atoms with Crippen LogP contribution in [0.5, 0.6) is 0 Å². The lowest BCUT2D eigenvalue weighted by Crippen LogP contribution is -2.16. The number of para-hydroxylation sites is 1. The highest BCUT2D eigenvalue weighted by Crippen LogP contribution is 2.24. The van der Waals surface area contributed by atoms with Crippen molar-refractivity contribution in [3.8, 4) is 0 Å². The molecule has 1 heterocycles. The maximum atomic E-state index is 12.4. The van der Waals surface area contributed by atoms with Gasteiger partial charge in [0.1, 0.15) is 0 Å². The van der Waals surface area contributed by atoms with Crippen molar-refractivity contribution in [1.82, 2.24) is 4.98 Å². The number of halogens is 1. The van der Waals surface area contributed by atoms with Crippen LogP contribution in [0.3, 0.4) is 0 Å². The van der Waals surface area contributed by atoms with E-state index in [2.05, 4.69) is 15.6 Å². The molecule has 3 rings (SSSR count). The number of hydrogen-bond donors (Lipinski definition) is 2. The molecule has 29 heavy (non-hydrogen) atoms. The maximum Gasteiger partial charge on any atom is 0.234 e. The number of thioether (sulfide) groups is 1. The lowest BCUT2D eigenvalue weighted by atomic mass is 10.1. The Kier molecular flexibility index (Phi) is 7.30. The quantitative estimate of drug-likeness (QED) is 0.482. The van der Waals surface area contributed by atoms with Gasteiger partial charge in [0.25, 0.3) is 0 Å². The monoisotopic (exact) mass is 445 g/mol. The molecule has 0 unspecified atom stereocenters. The molecular formula is C21H20ClN3O2S2. The second kappa shape index (κ2) is 9.91. The molecule has 2 aromatic carbocycles.